The van der Waals surface area contributed by atoms with Crippen molar-refractivity contribution in [2.75, 3.05) is 7.05 Å². The molecule has 3 rings (SSSR count). The van der Waals surface area contributed by atoms with Crippen LogP contribution in [0.15, 0.2) is 78.9 Å². The van der Waals surface area contributed by atoms with E-state index >= 15 is 0 Å². The number of alkyl halides is 3. The van der Waals surface area contributed by atoms with Gasteiger partial charge >= 0.3 is 6.18 Å². The smallest absolute Gasteiger partial charge is 0.358 e. The molecule has 3 nitrogen and oxygen atoms in total. The van der Waals surface area contributed by atoms with Gasteiger partial charge in [0.25, 0.3) is 0 Å². The molecule has 0 spiro atoms. The van der Waals surface area contributed by atoms with Crippen LogP contribution < -0.4 is 10.6 Å². The maximum atomic E-state index is 12.9. The predicted molar refractivity (Wildman–Crippen MR) is 120 cm³/mol. The second-order valence-electron chi connectivity index (χ2n) is 7.82. The van der Waals surface area contributed by atoms with Crippen molar-refractivity contribution in [2.24, 2.45) is 0 Å². The Morgan fingerprint density at radius 2 is 1.50 bits per heavy atom. The van der Waals surface area contributed by atoms with Gasteiger partial charge in [-0.15, -0.1) is 0 Å². The lowest BCUT2D eigenvalue weighted by Gasteiger charge is -2.26. The first-order chi connectivity index (χ1) is 15.3. The van der Waals surface area contributed by atoms with E-state index in [1.807, 2.05) is 61.5 Å². The molecule has 0 heterocycles. The molecule has 0 bridgehead atoms. The summed E-state index contributed by atoms with van der Waals surface area (Å²) in [6, 6.07) is 22.1. The van der Waals surface area contributed by atoms with E-state index in [0.717, 1.165) is 34.4 Å². The van der Waals surface area contributed by atoms with Gasteiger partial charge in [-0.3, -0.25) is 10.1 Å². The molecule has 0 fully saturated rings. The van der Waals surface area contributed by atoms with Crippen LogP contribution in [-0.4, -0.2) is 13.0 Å². The van der Waals surface area contributed by atoms with Crippen LogP contribution in [0.4, 0.5) is 13.2 Å². The van der Waals surface area contributed by atoms with E-state index in [-0.39, 0.29) is 11.9 Å². The highest BCUT2D eigenvalue weighted by molar-refractivity contribution is 5.83. The molecule has 6 heteroatoms. The average Bonchev–Trinajstić information content (AvgIpc) is 2.80. The molecule has 168 valence electrons. The largest absolute Gasteiger partial charge is 0.416 e. The fourth-order valence-electron chi connectivity index (χ4n) is 3.63. The zero-order valence-electron chi connectivity index (χ0n) is 18.1. The van der Waals surface area contributed by atoms with Crippen LogP contribution in [0.1, 0.15) is 46.3 Å². The van der Waals surface area contributed by atoms with Crippen molar-refractivity contribution < 1.29 is 18.0 Å². The lowest BCUT2D eigenvalue weighted by molar-refractivity contribution is -0.137. The molecule has 0 saturated heterocycles. The maximum absolute atomic E-state index is 12.9. The minimum Gasteiger partial charge on any atom is -0.358 e. The summed E-state index contributed by atoms with van der Waals surface area (Å²) in [7, 11) is 1.60. The normalized spacial score (nSPS) is 13.4. The molecule has 1 amide bonds. The highest BCUT2D eigenvalue weighted by Gasteiger charge is 2.30. The van der Waals surface area contributed by atoms with E-state index in [4.69, 9.17) is 0 Å². The molecule has 0 saturated carbocycles. The Hall–Kier alpha value is -3.12. The van der Waals surface area contributed by atoms with Crippen LogP contribution in [0, 0.1) is 6.92 Å². The molecule has 3 aromatic carbocycles. The number of carbonyl (C=O) groups excluding carboxylic acids is 1. The molecule has 1 unspecified atom stereocenters. The second-order valence-corrected chi connectivity index (χ2v) is 7.82. The van der Waals surface area contributed by atoms with Crippen molar-refractivity contribution in [3.63, 3.8) is 0 Å². The summed E-state index contributed by atoms with van der Waals surface area (Å²) in [5.74, 6) is -0.150. The van der Waals surface area contributed by atoms with Crippen LogP contribution >= 0.6 is 0 Å². The topological polar surface area (TPSA) is 41.1 Å². The van der Waals surface area contributed by atoms with Crippen LogP contribution in [-0.2, 0) is 17.4 Å². The van der Waals surface area contributed by atoms with Gasteiger partial charge < -0.3 is 5.32 Å². The van der Waals surface area contributed by atoms with Crippen molar-refractivity contribution in [1.82, 2.24) is 10.6 Å². The van der Waals surface area contributed by atoms with E-state index in [1.54, 1.807) is 7.05 Å². The van der Waals surface area contributed by atoms with Gasteiger partial charge in [0, 0.05) is 13.1 Å². The quantitative estimate of drug-likeness (QED) is 0.467. The molecule has 0 aliphatic carbocycles. The van der Waals surface area contributed by atoms with Crippen LogP contribution in [0.2, 0.25) is 0 Å². The summed E-state index contributed by atoms with van der Waals surface area (Å²) >= 11 is 0. The highest BCUT2D eigenvalue weighted by Crippen LogP contribution is 2.30. The van der Waals surface area contributed by atoms with Gasteiger partial charge in [0.05, 0.1) is 5.56 Å². The first kappa shape index (κ1) is 23.5. The molecule has 32 heavy (non-hydrogen) atoms. The minimum atomic E-state index is -4.35. The Kier molecular flexibility index (Phi) is 7.70. The fraction of sp³-hybridized carbons (Fsp3) is 0.269. The number of hydrogen-bond donors (Lipinski definition) is 2. The maximum Gasteiger partial charge on any atom is 0.416 e. The number of amides is 1. The van der Waals surface area contributed by atoms with E-state index in [1.165, 1.54) is 12.1 Å². The number of carbonyl (C=O) groups is 1. The van der Waals surface area contributed by atoms with Gasteiger partial charge in [0.1, 0.15) is 6.04 Å². The average molecular weight is 441 g/mol. The third-order valence-corrected chi connectivity index (χ3v) is 5.49. The van der Waals surface area contributed by atoms with Gasteiger partial charge in [-0.25, -0.2) is 0 Å². The Balaban J connectivity index is 1.83. The monoisotopic (exact) mass is 440 g/mol. The summed E-state index contributed by atoms with van der Waals surface area (Å²) in [4.78, 5) is 12.7. The first-order valence-corrected chi connectivity index (χ1v) is 10.5. The summed E-state index contributed by atoms with van der Waals surface area (Å²) in [6.07, 6.45) is -3.16. The van der Waals surface area contributed by atoms with Gasteiger partial charge in [-0.05, 0) is 48.6 Å². The third-order valence-electron chi connectivity index (χ3n) is 5.49. The molecule has 0 radical (unpaired) electrons. The molecule has 0 aliphatic heterocycles. The van der Waals surface area contributed by atoms with Crippen molar-refractivity contribution >= 4 is 5.91 Å². The van der Waals surface area contributed by atoms with E-state index in [9.17, 15) is 18.0 Å². The summed E-state index contributed by atoms with van der Waals surface area (Å²) < 4.78 is 38.6. The number of aryl methyl sites for hydroxylation is 2. The van der Waals surface area contributed by atoms with Gasteiger partial charge in [-0.2, -0.15) is 13.2 Å². The van der Waals surface area contributed by atoms with Gasteiger partial charge in [-0.1, -0.05) is 72.3 Å². The molecular weight excluding hydrogens is 413 g/mol. The van der Waals surface area contributed by atoms with Crippen molar-refractivity contribution in [3.05, 3.63) is 107 Å². The second kappa shape index (κ2) is 10.5. The van der Waals surface area contributed by atoms with Crippen molar-refractivity contribution in [3.8, 4) is 0 Å². The summed E-state index contributed by atoms with van der Waals surface area (Å²) in [6.45, 7) is 2.01. The molecule has 0 aliphatic rings. The van der Waals surface area contributed by atoms with E-state index < -0.39 is 17.8 Å². The number of likely N-dealkylation sites (N-methyl/N-ethyl adjacent to an activating group) is 1. The van der Waals surface area contributed by atoms with Crippen LogP contribution in [0.3, 0.4) is 0 Å². The number of hydrogen-bond acceptors (Lipinski definition) is 2. The number of nitrogens with one attached hydrogen (secondary N) is 2. The lowest BCUT2D eigenvalue weighted by Crippen LogP contribution is -2.38. The Labute approximate surface area is 186 Å². The molecule has 2 atom stereocenters. The summed E-state index contributed by atoms with van der Waals surface area (Å²) in [5, 5.41) is 6.19. The SMILES string of the molecule is CNC(=O)C(N[C@@H](CCc1ccc(C(F)(F)F)cc1)c1ccc(C)cc1)c1ccccc1. The molecule has 2 N–H and O–H groups in total. The van der Waals surface area contributed by atoms with Gasteiger partial charge in [0.15, 0.2) is 0 Å². The Bertz CT molecular complexity index is 1000. The van der Waals surface area contributed by atoms with Gasteiger partial charge in [0.2, 0.25) is 5.91 Å². The Morgan fingerprint density at radius 1 is 0.875 bits per heavy atom. The highest BCUT2D eigenvalue weighted by atomic mass is 19.4. The predicted octanol–water partition coefficient (Wildman–Crippen LogP) is 5.76. The van der Waals surface area contributed by atoms with E-state index in [0.29, 0.717) is 12.8 Å². The minimum absolute atomic E-state index is 0.150. The number of halogens is 3. The molecule has 0 aromatic heterocycles. The lowest BCUT2D eigenvalue weighted by atomic mass is 9.95. The molecule has 3 aromatic rings. The first-order valence-electron chi connectivity index (χ1n) is 10.5. The van der Waals surface area contributed by atoms with E-state index in [2.05, 4.69) is 10.6 Å². The van der Waals surface area contributed by atoms with Crippen LogP contribution in [0.25, 0.3) is 0 Å². The van der Waals surface area contributed by atoms with Crippen molar-refractivity contribution in [2.45, 2.75) is 38.0 Å². The van der Waals surface area contributed by atoms with Crippen LogP contribution in [0.5, 0.6) is 0 Å². The fourth-order valence-corrected chi connectivity index (χ4v) is 3.63. The number of benzene rings is 3. The zero-order chi connectivity index (χ0) is 23.1. The standard InChI is InChI=1S/C26H27F3N2O/c1-18-8-13-20(14-9-18)23(17-12-19-10-15-22(16-11-19)26(27,28)29)31-24(25(32)30-2)21-6-4-3-5-7-21/h3-11,13-16,23-24,31H,12,17H2,1-2H3,(H,30,32)/t23-,24?/m0/s1. The Morgan fingerprint density at radius 3 is 2.06 bits per heavy atom. The zero-order valence-corrected chi connectivity index (χ0v) is 18.1. The molecular formula is C26H27F3N2O. The summed E-state index contributed by atoms with van der Waals surface area (Å²) in [5.41, 5.74) is 3.15. The number of rotatable bonds is 8. The third kappa shape index (κ3) is 6.20. The van der Waals surface area contributed by atoms with Crippen molar-refractivity contribution in [1.29, 1.82) is 0 Å².